The van der Waals surface area contributed by atoms with E-state index in [1.807, 2.05) is 30.3 Å². The Morgan fingerprint density at radius 1 is 0.347 bits per heavy atom. The number of aromatic nitrogens is 3. The molecule has 3 heterocycles. The van der Waals surface area contributed by atoms with Crippen molar-refractivity contribution in [3.8, 4) is 29.2 Å². The first kappa shape index (κ1) is 27.1. The zero-order chi connectivity index (χ0) is 32.6. The summed E-state index contributed by atoms with van der Waals surface area (Å²) in [4.78, 5) is 0. The summed E-state index contributed by atoms with van der Waals surface area (Å²) in [5.74, 6) is 0. The molecule has 0 bridgehead atoms. The minimum atomic E-state index is 0.632. The number of fused-ring (bicyclic) bond motifs is 10. The van der Waals surface area contributed by atoms with Gasteiger partial charge in [-0.3, -0.25) is 0 Å². The van der Waals surface area contributed by atoms with Crippen LogP contribution < -0.4 is 0 Å². The Morgan fingerprint density at radius 2 is 0.857 bits per heavy atom. The summed E-state index contributed by atoms with van der Waals surface area (Å²) >= 11 is 0. The van der Waals surface area contributed by atoms with Crippen molar-refractivity contribution in [1.82, 2.24) is 13.7 Å². The standard InChI is InChI=1S/C44H25N5/c45-26-28-17-20-40-36(23-28)34-14-5-6-15-38(34)48(40)31-11-8-12-32(25-31)49-39-16-7-4-13-33(39)35-19-22-42-43(44(35)49)37-24-29(27-46)18-21-41(37)47(42)30-9-2-1-3-10-30/h1-25H. The first-order chi connectivity index (χ1) is 24.2. The van der Waals surface area contributed by atoms with Crippen molar-refractivity contribution in [3.05, 3.63) is 163 Å². The third kappa shape index (κ3) is 3.79. The van der Waals surface area contributed by atoms with Crippen LogP contribution in [0.1, 0.15) is 11.1 Å². The van der Waals surface area contributed by atoms with Crippen LogP contribution in [0, 0.1) is 22.7 Å². The minimum absolute atomic E-state index is 0.632. The molecule has 0 aliphatic heterocycles. The second kappa shape index (κ2) is 10.2. The highest BCUT2D eigenvalue weighted by atomic mass is 15.0. The van der Waals surface area contributed by atoms with Gasteiger partial charge < -0.3 is 13.7 Å². The van der Waals surface area contributed by atoms with Crippen LogP contribution in [0.4, 0.5) is 0 Å². The molecule has 0 aliphatic carbocycles. The van der Waals surface area contributed by atoms with Crippen LogP contribution in [0.3, 0.4) is 0 Å². The van der Waals surface area contributed by atoms with Crippen molar-refractivity contribution < 1.29 is 0 Å². The highest BCUT2D eigenvalue weighted by Crippen LogP contribution is 2.42. The van der Waals surface area contributed by atoms with Gasteiger partial charge in [0.1, 0.15) is 0 Å². The number of nitriles is 2. The topological polar surface area (TPSA) is 62.4 Å². The molecule has 0 radical (unpaired) electrons. The Labute approximate surface area is 280 Å². The van der Waals surface area contributed by atoms with Gasteiger partial charge in [0.15, 0.2) is 0 Å². The number of hydrogen-bond donors (Lipinski definition) is 0. The molecular formula is C44H25N5. The highest BCUT2D eigenvalue weighted by Gasteiger charge is 2.22. The third-order valence-electron chi connectivity index (χ3n) is 9.85. The SMILES string of the molecule is N#Cc1ccc2c(c1)c1ccccc1n2-c1cccc(-n2c3ccccc3c3ccc4c(c5cc(C#N)ccc5n4-c4ccccc4)c32)c1. The van der Waals surface area contributed by atoms with Gasteiger partial charge in [-0.15, -0.1) is 0 Å². The lowest BCUT2D eigenvalue weighted by molar-refractivity contribution is 1.14. The van der Waals surface area contributed by atoms with Crippen molar-refractivity contribution >= 4 is 65.4 Å². The molecule has 5 nitrogen and oxygen atoms in total. The quantitative estimate of drug-likeness (QED) is 0.197. The Kier molecular flexibility index (Phi) is 5.64. The molecular weight excluding hydrogens is 599 g/mol. The van der Waals surface area contributed by atoms with Gasteiger partial charge in [0.2, 0.25) is 0 Å². The van der Waals surface area contributed by atoms with Crippen molar-refractivity contribution in [2.24, 2.45) is 0 Å². The molecule has 10 aromatic rings. The Bertz CT molecular complexity index is 3070. The first-order valence-electron chi connectivity index (χ1n) is 16.2. The number of para-hydroxylation sites is 3. The van der Waals surface area contributed by atoms with Crippen LogP contribution in [-0.2, 0) is 0 Å². The summed E-state index contributed by atoms with van der Waals surface area (Å²) in [5.41, 5.74) is 10.9. The summed E-state index contributed by atoms with van der Waals surface area (Å²) in [6.07, 6.45) is 0. The number of hydrogen-bond acceptors (Lipinski definition) is 2. The highest BCUT2D eigenvalue weighted by molar-refractivity contribution is 6.26. The average Bonchev–Trinajstić information content (AvgIpc) is 3.80. The lowest BCUT2D eigenvalue weighted by Crippen LogP contribution is -1.99. The summed E-state index contributed by atoms with van der Waals surface area (Å²) in [6.45, 7) is 0. The van der Waals surface area contributed by atoms with Gasteiger partial charge in [0, 0.05) is 49.4 Å². The fourth-order valence-corrected chi connectivity index (χ4v) is 7.84. The molecule has 0 amide bonds. The van der Waals surface area contributed by atoms with E-state index in [-0.39, 0.29) is 0 Å². The van der Waals surface area contributed by atoms with Crippen LogP contribution in [0.15, 0.2) is 152 Å². The van der Waals surface area contributed by atoms with E-state index >= 15 is 0 Å². The molecule has 0 spiro atoms. The number of rotatable bonds is 3. The van der Waals surface area contributed by atoms with Gasteiger partial charge in [-0.2, -0.15) is 10.5 Å². The molecule has 5 heteroatoms. The number of benzene rings is 7. The average molecular weight is 624 g/mol. The second-order valence-corrected chi connectivity index (χ2v) is 12.4. The summed E-state index contributed by atoms with van der Waals surface area (Å²) in [7, 11) is 0. The van der Waals surface area contributed by atoms with Gasteiger partial charge in [0.25, 0.3) is 0 Å². The largest absolute Gasteiger partial charge is 0.309 e. The van der Waals surface area contributed by atoms with Crippen LogP contribution in [0.25, 0.3) is 82.5 Å². The van der Waals surface area contributed by atoms with Crippen LogP contribution in [0.2, 0.25) is 0 Å². The van der Waals surface area contributed by atoms with Crippen LogP contribution in [-0.4, -0.2) is 13.7 Å². The van der Waals surface area contributed by atoms with E-state index in [0.29, 0.717) is 11.1 Å². The lowest BCUT2D eigenvalue weighted by atomic mass is 10.1. The molecule has 10 rings (SSSR count). The van der Waals surface area contributed by atoms with Crippen molar-refractivity contribution in [2.75, 3.05) is 0 Å². The van der Waals surface area contributed by atoms with Crippen LogP contribution in [0.5, 0.6) is 0 Å². The molecule has 0 saturated carbocycles. The van der Waals surface area contributed by atoms with Crippen molar-refractivity contribution in [2.45, 2.75) is 0 Å². The maximum atomic E-state index is 9.97. The summed E-state index contributed by atoms with van der Waals surface area (Å²) in [5, 5.41) is 26.3. The van der Waals surface area contributed by atoms with E-state index in [2.05, 4.69) is 147 Å². The molecule has 226 valence electrons. The maximum Gasteiger partial charge on any atom is 0.0991 e. The normalized spacial score (nSPS) is 11.6. The smallest absolute Gasteiger partial charge is 0.0991 e. The molecule has 0 fully saturated rings. The Hall–Kier alpha value is -7.08. The molecule has 49 heavy (non-hydrogen) atoms. The molecule has 0 saturated heterocycles. The molecule has 0 atom stereocenters. The molecule has 0 unspecified atom stereocenters. The Balaban J connectivity index is 1.34. The van der Waals surface area contributed by atoms with Gasteiger partial charge in [-0.05, 0) is 84.9 Å². The van der Waals surface area contributed by atoms with Gasteiger partial charge in [-0.25, -0.2) is 0 Å². The van der Waals surface area contributed by atoms with E-state index < -0.39 is 0 Å². The van der Waals surface area contributed by atoms with E-state index in [4.69, 9.17) is 0 Å². The maximum absolute atomic E-state index is 9.97. The number of nitrogens with zero attached hydrogens (tertiary/aromatic N) is 5. The Morgan fingerprint density at radius 3 is 1.57 bits per heavy atom. The molecule has 0 N–H and O–H groups in total. The molecule has 0 aliphatic rings. The summed E-state index contributed by atoms with van der Waals surface area (Å²) < 4.78 is 6.97. The lowest BCUT2D eigenvalue weighted by Gasteiger charge is -2.13. The van der Waals surface area contributed by atoms with E-state index in [0.717, 1.165) is 77.1 Å². The molecule has 7 aromatic carbocycles. The minimum Gasteiger partial charge on any atom is -0.309 e. The van der Waals surface area contributed by atoms with Crippen LogP contribution >= 0.6 is 0 Å². The van der Waals surface area contributed by atoms with Gasteiger partial charge >= 0.3 is 0 Å². The fourth-order valence-electron chi connectivity index (χ4n) is 7.84. The van der Waals surface area contributed by atoms with Gasteiger partial charge in [0.05, 0.1) is 56.4 Å². The monoisotopic (exact) mass is 623 g/mol. The third-order valence-corrected chi connectivity index (χ3v) is 9.85. The first-order valence-corrected chi connectivity index (χ1v) is 16.2. The predicted molar refractivity (Wildman–Crippen MR) is 199 cm³/mol. The predicted octanol–water partition coefficient (Wildman–Crippen LogP) is 10.7. The van der Waals surface area contributed by atoms with E-state index in [9.17, 15) is 10.5 Å². The van der Waals surface area contributed by atoms with Crippen molar-refractivity contribution in [1.29, 1.82) is 10.5 Å². The molecule has 3 aromatic heterocycles. The zero-order valence-corrected chi connectivity index (χ0v) is 26.2. The van der Waals surface area contributed by atoms with E-state index in [1.54, 1.807) is 0 Å². The summed E-state index contributed by atoms with van der Waals surface area (Å²) in [6, 6.07) is 57.2. The second-order valence-electron chi connectivity index (χ2n) is 12.4. The van der Waals surface area contributed by atoms with Crippen molar-refractivity contribution in [3.63, 3.8) is 0 Å². The fraction of sp³-hybridized carbons (Fsp3) is 0. The van der Waals surface area contributed by atoms with Gasteiger partial charge in [-0.1, -0.05) is 66.7 Å². The zero-order valence-electron chi connectivity index (χ0n) is 26.2. The van der Waals surface area contributed by atoms with E-state index in [1.165, 1.54) is 5.39 Å².